The molecule has 0 saturated heterocycles. The van der Waals surface area contributed by atoms with E-state index in [0.29, 0.717) is 24.1 Å². The van der Waals surface area contributed by atoms with Gasteiger partial charge in [-0.15, -0.1) is 12.4 Å². The minimum atomic E-state index is -0.517. The second kappa shape index (κ2) is 7.68. The van der Waals surface area contributed by atoms with Crippen LogP contribution in [0.1, 0.15) is 30.1 Å². The number of nitrogens with two attached hydrogens (primary N) is 2. The van der Waals surface area contributed by atoms with E-state index in [-0.39, 0.29) is 24.4 Å². The summed E-state index contributed by atoms with van der Waals surface area (Å²) in [6.07, 6.45) is 0.986. The third-order valence-electron chi connectivity index (χ3n) is 2.26. The second-order valence-corrected chi connectivity index (χ2v) is 4.01. The standard InChI is InChI=1S/C12H17N3O2.ClH/c1-8(13)5-6-11(16)15-10-4-2-3-9(7-10)12(14)17;/h2-4,7-8H,5-6,13H2,1H3,(H2,14,17)(H,15,16);1H. The van der Waals surface area contributed by atoms with Gasteiger partial charge in [-0.1, -0.05) is 6.07 Å². The second-order valence-electron chi connectivity index (χ2n) is 4.01. The van der Waals surface area contributed by atoms with Gasteiger partial charge in [-0.3, -0.25) is 9.59 Å². The third kappa shape index (κ3) is 5.65. The number of hydrogen-bond donors (Lipinski definition) is 3. The first-order chi connectivity index (χ1) is 7.99. The van der Waals surface area contributed by atoms with E-state index in [9.17, 15) is 9.59 Å². The molecule has 1 aromatic carbocycles. The van der Waals surface area contributed by atoms with Crippen molar-refractivity contribution in [1.82, 2.24) is 0 Å². The molecular formula is C12H18ClN3O2. The summed E-state index contributed by atoms with van der Waals surface area (Å²) in [5, 5.41) is 2.69. The van der Waals surface area contributed by atoms with Crippen LogP contribution in [0.3, 0.4) is 0 Å². The van der Waals surface area contributed by atoms with Crippen LogP contribution in [0.25, 0.3) is 0 Å². The molecule has 0 saturated carbocycles. The predicted molar refractivity (Wildman–Crippen MR) is 73.7 cm³/mol. The average Bonchev–Trinajstić information content (AvgIpc) is 2.26. The summed E-state index contributed by atoms with van der Waals surface area (Å²) in [5.41, 5.74) is 11.6. The molecule has 0 aliphatic carbocycles. The number of nitrogens with one attached hydrogen (secondary N) is 1. The third-order valence-corrected chi connectivity index (χ3v) is 2.26. The van der Waals surface area contributed by atoms with Crippen LogP contribution >= 0.6 is 12.4 Å². The first-order valence-electron chi connectivity index (χ1n) is 5.44. The molecule has 5 nitrogen and oxygen atoms in total. The van der Waals surface area contributed by atoms with Crippen LogP contribution in [-0.2, 0) is 4.79 Å². The zero-order chi connectivity index (χ0) is 12.8. The van der Waals surface area contributed by atoms with Gasteiger partial charge < -0.3 is 16.8 Å². The molecule has 6 heteroatoms. The molecule has 0 radical (unpaired) electrons. The van der Waals surface area contributed by atoms with Gasteiger partial charge in [0.15, 0.2) is 0 Å². The van der Waals surface area contributed by atoms with Gasteiger partial charge in [0.05, 0.1) is 0 Å². The van der Waals surface area contributed by atoms with E-state index >= 15 is 0 Å². The summed E-state index contributed by atoms with van der Waals surface area (Å²) in [6, 6.07) is 6.52. The van der Waals surface area contributed by atoms with E-state index < -0.39 is 5.91 Å². The Balaban J connectivity index is 0.00000289. The lowest BCUT2D eigenvalue weighted by molar-refractivity contribution is -0.116. The molecule has 100 valence electrons. The molecular weight excluding hydrogens is 254 g/mol. The van der Waals surface area contributed by atoms with Crippen LogP contribution in [0.4, 0.5) is 5.69 Å². The molecule has 18 heavy (non-hydrogen) atoms. The van der Waals surface area contributed by atoms with E-state index in [1.165, 1.54) is 0 Å². The fourth-order valence-corrected chi connectivity index (χ4v) is 1.33. The SMILES string of the molecule is CC(N)CCC(=O)Nc1cccc(C(N)=O)c1.Cl. The van der Waals surface area contributed by atoms with Crippen molar-refractivity contribution >= 4 is 29.9 Å². The average molecular weight is 272 g/mol. The first-order valence-corrected chi connectivity index (χ1v) is 5.44. The highest BCUT2D eigenvalue weighted by atomic mass is 35.5. The van der Waals surface area contributed by atoms with Crippen molar-refractivity contribution in [1.29, 1.82) is 0 Å². The maximum absolute atomic E-state index is 11.5. The van der Waals surface area contributed by atoms with Crippen molar-refractivity contribution < 1.29 is 9.59 Å². The van der Waals surface area contributed by atoms with Gasteiger partial charge in [0, 0.05) is 23.7 Å². The number of rotatable bonds is 5. The Morgan fingerprint density at radius 2 is 2.06 bits per heavy atom. The van der Waals surface area contributed by atoms with Crippen LogP contribution in [-0.4, -0.2) is 17.9 Å². The highest BCUT2D eigenvalue weighted by Crippen LogP contribution is 2.11. The molecule has 0 spiro atoms. The van der Waals surface area contributed by atoms with Gasteiger partial charge in [-0.25, -0.2) is 0 Å². The van der Waals surface area contributed by atoms with Crippen molar-refractivity contribution in [3.8, 4) is 0 Å². The van der Waals surface area contributed by atoms with E-state index in [4.69, 9.17) is 11.5 Å². The number of carbonyl (C=O) groups excluding carboxylic acids is 2. The van der Waals surface area contributed by atoms with Gasteiger partial charge in [0.2, 0.25) is 11.8 Å². The minimum absolute atomic E-state index is 0. The van der Waals surface area contributed by atoms with Gasteiger partial charge in [0.25, 0.3) is 0 Å². The van der Waals surface area contributed by atoms with Crippen LogP contribution in [0.2, 0.25) is 0 Å². The minimum Gasteiger partial charge on any atom is -0.366 e. The molecule has 0 bridgehead atoms. The van der Waals surface area contributed by atoms with E-state index in [1.54, 1.807) is 24.3 Å². The Hall–Kier alpha value is -1.59. The molecule has 2 amide bonds. The summed E-state index contributed by atoms with van der Waals surface area (Å²) in [4.78, 5) is 22.5. The zero-order valence-electron chi connectivity index (χ0n) is 10.2. The molecule has 0 fully saturated rings. The molecule has 1 atom stereocenters. The fraction of sp³-hybridized carbons (Fsp3) is 0.333. The Kier molecular flexibility index (Phi) is 7.00. The van der Waals surface area contributed by atoms with Crippen molar-refractivity contribution in [2.24, 2.45) is 11.5 Å². The fourth-order valence-electron chi connectivity index (χ4n) is 1.33. The molecule has 1 rings (SSSR count). The number of primary amides is 1. The van der Waals surface area contributed by atoms with Crippen molar-refractivity contribution in [2.75, 3.05) is 5.32 Å². The topological polar surface area (TPSA) is 98.2 Å². The lowest BCUT2D eigenvalue weighted by Crippen LogP contribution is -2.19. The number of amides is 2. The van der Waals surface area contributed by atoms with Crippen molar-refractivity contribution in [2.45, 2.75) is 25.8 Å². The van der Waals surface area contributed by atoms with E-state index in [0.717, 1.165) is 0 Å². The smallest absolute Gasteiger partial charge is 0.248 e. The Labute approximate surface area is 112 Å². The highest BCUT2D eigenvalue weighted by Gasteiger charge is 2.06. The number of halogens is 1. The van der Waals surface area contributed by atoms with Crippen molar-refractivity contribution in [3.05, 3.63) is 29.8 Å². The lowest BCUT2D eigenvalue weighted by atomic mass is 10.1. The molecule has 5 N–H and O–H groups in total. The first kappa shape index (κ1) is 16.4. The summed E-state index contributed by atoms with van der Waals surface area (Å²) in [7, 11) is 0. The number of hydrogen-bond acceptors (Lipinski definition) is 3. The summed E-state index contributed by atoms with van der Waals surface area (Å²) < 4.78 is 0. The molecule has 1 aromatic rings. The normalized spacial score (nSPS) is 11.2. The van der Waals surface area contributed by atoms with Crippen LogP contribution in [0.5, 0.6) is 0 Å². The summed E-state index contributed by atoms with van der Waals surface area (Å²) >= 11 is 0. The Morgan fingerprint density at radius 3 is 2.61 bits per heavy atom. The molecule has 0 aliphatic rings. The van der Waals surface area contributed by atoms with Crippen LogP contribution in [0, 0.1) is 0 Å². The van der Waals surface area contributed by atoms with E-state index in [2.05, 4.69) is 5.32 Å². The monoisotopic (exact) mass is 271 g/mol. The van der Waals surface area contributed by atoms with Gasteiger partial charge in [-0.2, -0.15) is 0 Å². The summed E-state index contributed by atoms with van der Waals surface area (Å²) in [5.74, 6) is -0.638. The van der Waals surface area contributed by atoms with Gasteiger partial charge >= 0.3 is 0 Å². The highest BCUT2D eigenvalue weighted by molar-refractivity contribution is 5.96. The molecule has 0 aromatic heterocycles. The van der Waals surface area contributed by atoms with Crippen molar-refractivity contribution in [3.63, 3.8) is 0 Å². The Morgan fingerprint density at radius 1 is 1.39 bits per heavy atom. The summed E-state index contributed by atoms with van der Waals surface area (Å²) in [6.45, 7) is 1.85. The molecule has 0 heterocycles. The maximum atomic E-state index is 11.5. The zero-order valence-corrected chi connectivity index (χ0v) is 11.0. The van der Waals surface area contributed by atoms with E-state index in [1.807, 2.05) is 6.92 Å². The largest absolute Gasteiger partial charge is 0.366 e. The number of carbonyl (C=O) groups is 2. The van der Waals surface area contributed by atoms with Crippen LogP contribution < -0.4 is 16.8 Å². The number of anilines is 1. The molecule has 0 aliphatic heterocycles. The van der Waals surface area contributed by atoms with Crippen LogP contribution in [0.15, 0.2) is 24.3 Å². The van der Waals surface area contributed by atoms with Gasteiger partial charge in [0.1, 0.15) is 0 Å². The Bertz CT molecular complexity index is 422. The molecule has 1 unspecified atom stereocenters. The predicted octanol–water partition coefficient (Wildman–Crippen LogP) is 1.27. The quantitative estimate of drug-likeness (QED) is 0.752. The van der Waals surface area contributed by atoms with Gasteiger partial charge in [-0.05, 0) is 31.5 Å². The lowest BCUT2D eigenvalue weighted by Gasteiger charge is -2.07. The maximum Gasteiger partial charge on any atom is 0.248 e. The number of benzene rings is 1.